The van der Waals surface area contributed by atoms with Crippen LogP contribution in [0.25, 0.3) is 0 Å². The van der Waals surface area contributed by atoms with Crippen molar-refractivity contribution in [1.29, 1.82) is 0 Å². The van der Waals surface area contributed by atoms with E-state index < -0.39 is 0 Å². The number of carbonyl (C=O) groups excluding carboxylic acids is 1. The Kier molecular flexibility index (Phi) is 4.06. The maximum absolute atomic E-state index is 11.4. The van der Waals surface area contributed by atoms with Crippen molar-refractivity contribution in [3.63, 3.8) is 0 Å². The largest absolute Gasteiger partial charge is 0.375 e. The molecule has 0 aliphatic carbocycles. The molecule has 0 spiro atoms. The Morgan fingerprint density at radius 2 is 2.12 bits per heavy atom. The molecule has 0 fully saturated rings. The number of aryl methyl sites for hydroxylation is 1. The molecule has 0 bridgehead atoms. The number of methoxy groups -OCH3 is 1. The van der Waals surface area contributed by atoms with Crippen molar-refractivity contribution in [1.82, 2.24) is 9.78 Å². The Bertz CT molecular complexity index is 383. The number of anilines is 1. The number of hydrogen-bond donors (Lipinski definition) is 1. The number of hydrogen-bond acceptors (Lipinski definition) is 3. The molecule has 90 valence electrons. The first kappa shape index (κ1) is 12.7. The number of nitrogens with one attached hydrogen (secondary N) is 1. The van der Waals surface area contributed by atoms with Crippen LogP contribution >= 0.6 is 0 Å². The summed E-state index contributed by atoms with van der Waals surface area (Å²) < 4.78 is 6.67. The third-order valence-electron chi connectivity index (χ3n) is 2.35. The van der Waals surface area contributed by atoms with Gasteiger partial charge in [0, 0.05) is 13.2 Å². The highest BCUT2D eigenvalue weighted by atomic mass is 16.5. The van der Waals surface area contributed by atoms with Crippen molar-refractivity contribution in [2.24, 2.45) is 0 Å². The zero-order chi connectivity index (χ0) is 12.3. The third kappa shape index (κ3) is 2.61. The molecule has 1 rings (SSSR count). The first-order valence-electron chi connectivity index (χ1n) is 5.31. The van der Waals surface area contributed by atoms with Crippen LogP contribution in [0, 0.1) is 13.8 Å². The van der Waals surface area contributed by atoms with Gasteiger partial charge in [-0.15, -0.1) is 0 Å². The summed E-state index contributed by atoms with van der Waals surface area (Å²) in [6, 6.07) is 0.284. The van der Waals surface area contributed by atoms with Gasteiger partial charge in [-0.2, -0.15) is 5.10 Å². The number of ether oxygens (including phenoxy) is 1. The van der Waals surface area contributed by atoms with Gasteiger partial charge in [0.15, 0.2) is 0 Å². The van der Waals surface area contributed by atoms with E-state index >= 15 is 0 Å². The van der Waals surface area contributed by atoms with E-state index in [9.17, 15) is 4.79 Å². The molecule has 1 aromatic rings. The van der Waals surface area contributed by atoms with E-state index in [4.69, 9.17) is 4.74 Å². The minimum atomic E-state index is -0.156. The molecule has 0 atom stereocenters. The van der Waals surface area contributed by atoms with E-state index in [1.165, 1.54) is 7.11 Å². The molecule has 1 heterocycles. The normalized spacial score (nSPS) is 10.9. The molecule has 1 amide bonds. The van der Waals surface area contributed by atoms with Crippen LogP contribution in [0.15, 0.2) is 0 Å². The summed E-state index contributed by atoms with van der Waals surface area (Å²) in [5, 5.41) is 7.19. The van der Waals surface area contributed by atoms with Crippen LogP contribution in [0.3, 0.4) is 0 Å². The van der Waals surface area contributed by atoms with Gasteiger partial charge in [-0.05, 0) is 27.7 Å². The number of aromatic nitrogens is 2. The SMILES string of the molecule is COCC(=O)Nc1c(C)nn(C(C)C)c1C. The molecule has 1 aromatic heterocycles. The number of amides is 1. The lowest BCUT2D eigenvalue weighted by Gasteiger charge is -2.09. The highest BCUT2D eigenvalue weighted by Crippen LogP contribution is 2.22. The van der Waals surface area contributed by atoms with Crippen molar-refractivity contribution < 1.29 is 9.53 Å². The molecule has 0 saturated heterocycles. The van der Waals surface area contributed by atoms with Crippen molar-refractivity contribution in [3.05, 3.63) is 11.4 Å². The fourth-order valence-electron chi connectivity index (χ4n) is 1.65. The molecule has 0 aromatic carbocycles. The summed E-state index contributed by atoms with van der Waals surface area (Å²) in [4.78, 5) is 11.4. The molecule has 16 heavy (non-hydrogen) atoms. The van der Waals surface area contributed by atoms with Crippen LogP contribution in [-0.4, -0.2) is 29.4 Å². The van der Waals surface area contributed by atoms with E-state index in [0.29, 0.717) is 0 Å². The van der Waals surface area contributed by atoms with Gasteiger partial charge in [-0.1, -0.05) is 0 Å². The molecular formula is C11H19N3O2. The maximum atomic E-state index is 11.4. The fraction of sp³-hybridized carbons (Fsp3) is 0.636. The Hall–Kier alpha value is -1.36. The van der Waals surface area contributed by atoms with Gasteiger partial charge in [0.25, 0.3) is 0 Å². The van der Waals surface area contributed by atoms with Crippen LogP contribution in [0.1, 0.15) is 31.3 Å². The summed E-state index contributed by atoms with van der Waals surface area (Å²) >= 11 is 0. The van der Waals surface area contributed by atoms with Crippen LogP contribution in [0.5, 0.6) is 0 Å². The van der Waals surface area contributed by atoms with Crippen LogP contribution in [0.2, 0.25) is 0 Å². The van der Waals surface area contributed by atoms with Crippen LogP contribution in [-0.2, 0) is 9.53 Å². The van der Waals surface area contributed by atoms with Crippen LogP contribution < -0.4 is 5.32 Å². The molecule has 0 saturated carbocycles. The highest BCUT2D eigenvalue weighted by molar-refractivity contribution is 5.92. The monoisotopic (exact) mass is 225 g/mol. The predicted octanol–water partition coefficient (Wildman–Crippen LogP) is 1.67. The van der Waals surface area contributed by atoms with Gasteiger partial charge in [0.1, 0.15) is 6.61 Å². The summed E-state index contributed by atoms with van der Waals surface area (Å²) in [7, 11) is 1.50. The van der Waals surface area contributed by atoms with Crippen molar-refractivity contribution >= 4 is 11.6 Å². The second-order valence-electron chi connectivity index (χ2n) is 4.07. The number of carbonyl (C=O) groups is 1. The van der Waals surface area contributed by atoms with Crippen molar-refractivity contribution in [2.45, 2.75) is 33.7 Å². The minimum Gasteiger partial charge on any atom is -0.375 e. The molecule has 1 N–H and O–H groups in total. The molecule has 5 heteroatoms. The molecular weight excluding hydrogens is 206 g/mol. The highest BCUT2D eigenvalue weighted by Gasteiger charge is 2.15. The summed E-state index contributed by atoms with van der Waals surface area (Å²) in [5.41, 5.74) is 2.59. The molecule has 0 radical (unpaired) electrons. The summed E-state index contributed by atoms with van der Waals surface area (Å²) in [6.45, 7) is 8.00. The minimum absolute atomic E-state index is 0.0612. The lowest BCUT2D eigenvalue weighted by molar-refractivity contribution is -0.119. The van der Waals surface area contributed by atoms with Crippen LogP contribution in [0.4, 0.5) is 5.69 Å². The van der Waals surface area contributed by atoms with Crippen molar-refractivity contribution in [3.8, 4) is 0 Å². The average Bonchev–Trinajstić information content (AvgIpc) is 2.46. The van der Waals surface area contributed by atoms with E-state index in [0.717, 1.165) is 17.1 Å². The topological polar surface area (TPSA) is 56.1 Å². The second-order valence-corrected chi connectivity index (χ2v) is 4.07. The summed E-state index contributed by atoms with van der Waals surface area (Å²) in [6.07, 6.45) is 0. The third-order valence-corrected chi connectivity index (χ3v) is 2.35. The smallest absolute Gasteiger partial charge is 0.250 e. The van der Waals surface area contributed by atoms with Gasteiger partial charge in [-0.25, -0.2) is 0 Å². The van der Waals surface area contributed by atoms with Gasteiger partial charge < -0.3 is 10.1 Å². The second kappa shape index (κ2) is 5.12. The zero-order valence-electron chi connectivity index (χ0n) is 10.5. The van der Waals surface area contributed by atoms with E-state index in [2.05, 4.69) is 24.3 Å². The first-order valence-corrected chi connectivity index (χ1v) is 5.31. The van der Waals surface area contributed by atoms with Gasteiger partial charge >= 0.3 is 0 Å². The maximum Gasteiger partial charge on any atom is 0.250 e. The molecule has 0 unspecified atom stereocenters. The predicted molar refractivity (Wildman–Crippen MR) is 62.6 cm³/mol. The standard InChI is InChI=1S/C11H19N3O2/c1-7(2)14-9(4)11(8(3)13-14)12-10(15)6-16-5/h7H,6H2,1-5H3,(H,12,15). The first-order chi connectivity index (χ1) is 7.47. The Balaban J connectivity index is 2.92. The number of nitrogens with zero attached hydrogens (tertiary/aromatic N) is 2. The van der Waals surface area contributed by atoms with Crippen molar-refractivity contribution in [2.75, 3.05) is 19.0 Å². The van der Waals surface area contributed by atoms with E-state index in [1.54, 1.807) is 0 Å². The van der Waals surface area contributed by atoms with E-state index in [-0.39, 0.29) is 18.6 Å². The van der Waals surface area contributed by atoms with Gasteiger partial charge in [0.2, 0.25) is 5.91 Å². The Morgan fingerprint density at radius 1 is 1.50 bits per heavy atom. The lowest BCUT2D eigenvalue weighted by atomic mass is 10.3. The quantitative estimate of drug-likeness (QED) is 0.848. The average molecular weight is 225 g/mol. The van der Waals surface area contributed by atoms with E-state index in [1.807, 2.05) is 18.5 Å². The molecule has 0 aliphatic rings. The summed E-state index contributed by atoms with van der Waals surface area (Å²) in [5.74, 6) is -0.156. The lowest BCUT2D eigenvalue weighted by Crippen LogP contribution is -2.18. The molecule has 0 aliphatic heterocycles. The fourth-order valence-corrected chi connectivity index (χ4v) is 1.65. The zero-order valence-corrected chi connectivity index (χ0v) is 10.5. The van der Waals surface area contributed by atoms with Gasteiger partial charge in [-0.3, -0.25) is 9.48 Å². The molecule has 5 nitrogen and oxygen atoms in total. The Labute approximate surface area is 95.8 Å². The Morgan fingerprint density at radius 3 is 2.56 bits per heavy atom. The van der Waals surface area contributed by atoms with Gasteiger partial charge in [0.05, 0.1) is 17.1 Å². The number of rotatable bonds is 4.